The minimum Gasteiger partial charge on any atom is -0.348 e. The fourth-order valence-electron chi connectivity index (χ4n) is 2.55. The average molecular weight is 309 g/mol. The van der Waals surface area contributed by atoms with Crippen molar-refractivity contribution in [1.82, 2.24) is 15.3 Å². The summed E-state index contributed by atoms with van der Waals surface area (Å²) in [6, 6.07) is 10.5. The summed E-state index contributed by atoms with van der Waals surface area (Å²) in [6.45, 7) is 1.86. The van der Waals surface area contributed by atoms with Crippen LogP contribution in [-0.4, -0.2) is 15.9 Å². The lowest BCUT2D eigenvalue weighted by molar-refractivity contribution is 0.0949. The molecule has 0 bridgehead atoms. The zero-order valence-electron chi connectivity index (χ0n) is 12.5. The van der Waals surface area contributed by atoms with Gasteiger partial charge >= 0.3 is 0 Å². The number of amides is 1. The third-order valence-electron chi connectivity index (χ3n) is 3.67. The average Bonchev–Trinajstić information content (AvgIpc) is 2.52. The third kappa shape index (κ3) is 2.91. The van der Waals surface area contributed by atoms with Crippen molar-refractivity contribution in [2.45, 2.75) is 13.5 Å². The van der Waals surface area contributed by atoms with E-state index in [-0.39, 0.29) is 17.7 Å². The summed E-state index contributed by atoms with van der Waals surface area (Å²) in [6.07, 6.45) is 1.50. The van der Waals surface area contributed by atoms with Gasteiger partial charge < -0.3 is 15.3 Å². The van der Waals surface area contributed by atoms with Gasteiger partial charge in [0.15, 0.2) is 0 Å². The van der Waals surface area contributed by atoms with Crippen LogP contribution in [0.3, 0.4) is 0 Å². The molecule has 0 fully saturated rings. The highest BCUT2D eigenvalue weighted by Gasteiger charge is 2.13. The Hall–Kier alpha value is -3.15. The first-order chi connectivity index (χ1) is 11.1. The summed E-state index contributed by atoms with van der Waals surface area (Å²) in [5.74, 6) is -0.464. The fourth-order valence-corrected chi connectivity index (χ4v) is 2.55. The predicted octanol–water partition coefficient (Wildman–Crippen LogP) is 1.45. The van der Waals surface area contributed by atoms with Crippen LogP contribution in [-0.2, 0) is 6.54 Å². The first-order valence-corrected chi connectivity index (χ1v) is 7.13. The second-order valence-corrected chi connectivity index (χ2v) is 5.25. The molecule has 0 aliphatic rings. The number of pyridine rings is 2. The van der Waals surface area contributed by atoms with Gasteiger partial charge in [-0.15, -0.1) is 0 Å². The summed E-state index contributed by atoms with van der Waals surface area (Å²) in [5, 5.41) is 3.56. The number of benzene rings is 1. The van der Waals surface area contributed by atoms with Crippen LogP contribution in [0.5, 0.6) is 0 Å². The lowest BCUT2D eigenvalue weighted by atomic mass is 10.1. The number of carbonyl (C=O) groups is 1. The van der Waals surface area contributed by atoms with Gasteiger partial charge in [0, 0.05) is 29.7 Å². The minimum atomic E-state index is -0.464. The molecule has 0 aliphatic carbocycles. The molecule has 3 N–H and O–H groups in total. The second kappa shape index (κ2) is 5.92. The molecule has 0 saturated heterocycles. The van der Waals surface area contributed by atoms with Crippen LogP contribution in [0, 0.1) is 6.92 Å². The van der Waals surface area contributed by atoms with Crippen molar-refractivity contribution in [3.8, 4) is 0 Å². The molecule has 0 spiro atoms. The normalized spacial score (nSPS) is 10.7. The van der Waals surface area contributed by atoms with Crippen molar-refractivity contribution in [1.29, 1.82) is 0 Å². The van der Waals surface area contributed by atoms with E-state index in [1.807, 2.05) is 18.2 Å². The van der Waals surface area contributed by atoms with Gasteiger partial charge in [-0.1, -0.05) is 18.2 Å². The van der Waals surface area contributed by atoms with Gasteiger partial charge in [-0.25, -0.2) is 0 Å². The van der Waals surface area contributed by atoms with Crippen molar-refractivity contribution in [3.63, 3.8) is 0 Å². The van der Waals surface area contributed by atoms with E-state index in [2.05, 4.69) is 15.3 Å². The molecule has 0 saturated carbocycles. The smallest absolute Gasteiger partial charge is 0.261 e. The van der Waals surface area contributed by atoms with Crippen molar-refractivity contribution >= 4 is 16.8 Å². The SMILES string of the molecule is Cc1cc[nH]c(=O)c1C(=O)NCc1cc(=O)[nH]c2ccccc12. The third-order valence-corrected chi connectivity index (χ3v) is 3.67. The number of para-hydroxylation sites is 1. The second-order valence-electron chi connectivity index (χ2n) is 5.25. The molecule has 2 heterocycles. The van der Waals surface area contributed by atoms with Crippen molar-refractivity contribution in [2.24, 2.45) is 0 Å². The maximum Gasteiger partial charge on any atom is 0.261 e. The predicted molar refractivity (Wildman–Crippen MR) is 87.5 cm³/mol. The molecule has 0 unspecified atom stereocenters. The van der Waals surface area contributed by atoms with Crippen LogP contribution < -0.4 is 16.4 Å². The Morgan fingerprint density at radius 3 is 2.74 bits per heavy atom. The van der Waals surface area contributed by atoms with Gasteiger partial charge in [0.2, 0.25) is 5.56 Å². The summed E-state index contributed by atoms with van der Waals surface area (Å²) in [4.78, 5) is 41.0. The van der Waals surface area contributed by atoms with E-state index in [1.54, 1.807) is 19.1 Å². The van der Waals surface area contributed by atoms with Crippen LogP contribution >= 0.6 is 0 Å². The maximum atomic E-state index is 12.3. The highest BCUT2D eigenvalue weighted by molar-refractivity contribution is 5.95. The van der Waals surface area contributed by atoms with Crippen LogP contribution in [0.2, 0.25) is 0 Å². The maximum absolute atomic E-state index is 12.3. The Morgan fingerprint density at radius 1 is 1.17 bits per heavy atom. The molecule has 6 heteroatoms. The number of hydrogen-bond acceptors (Lipinski definition) is 3. The first kappa shape index (κ1) is 14.8. The van der Waals surface area contributed by atoms with Gasteiger partial charge in [-0.05, 0) is 30.2 Å². The van der Waals surface area contributed by atoms with Gasteiger partial charge in [-0.2, -0.15) is 0 Å². The first-order valence-electron chi connectivity index (χ1n) is 7.13. The van der Waals surface area contributed by atoms with E-state index in [9.17, 15) is 14.4 Å². The number of nitrogens with one attached hydrogen (secondary N) is 3. The Balaban J connectivity index is 1.91. The topological polar surface area (TPSA) is 94.8 Å². The van der Waals surface area contributed by atoms with Crippen molar-refractivity contribution in [3.05, 3.63) is 80.0 Å². The van der Waals surface area contributed by atoms with E-state index in [4.69, 9.17) is 0 Å². The lowest BCUT2D eigenvalue weighted by Gasteiger charge is -2.09. The molecule has 23 heavy (non-hydrogen) atoms. The number of aromatic amines is 2. The van der Waals surface area contributed by atoms with Crippen LogP contribution in [0.1, 0.15) is 21.5 Å². The molecule has 3 aromatic rings. The Bertz CT molecular complexity index is 1000. The van der Waals surface area contributed by atoms with E-state index >= 15 is 0 Å². The largest absolute Gasteiger partial charge is 0.348 e. The summed E-state index contributed by atoms with van der Waals surface area (Å²) in [5.41, 5.74) is 1.42. The molecule has 0 radical (unpaired) electrons. The number of H-pyrrole nitrogens is 2. The Morgan fingerprint density at radius 2 is 1.96 bits per heavy atom. The Labute approximate surface area is 131 Å². The van der Waals surface area contributed by atoms with E-state index in [0.717, 1.165) is 5.39 Å². The molecule has 116 valence electrons. The molecule has 0 aliphatic heterocycles. The monoisotopic (exact) mass is 309 g/mol. The number of carbonyl (C=O) groups excluding carboxylic acids is 1. The van der Waals surface area contributed by atoms with Crippen molar-refractivity contribution in [2.75, 3.05) is 0 Å². The van der Waals surface area contributed by atoms with Crippen molar-refractivity contribution < 1.29 is 4.79 Å². The van der Waals surface area contributed by atoms with E-state index in [1.165, 1.54) is 12.3 Å². The number of fused-ring (bicyclic) bond motifs is 1. The zero-order chi connectivity index (χ0) is 16.4. The molecule has 2 aromatic heterocycles. The highest BCUT2D eigenvalue weighted by atomic mass is 16.2. The van der Waals surface area contributed by atoms with Gasteiger partial charge in [0.25, 0.3) is 11.5 Å². The summed E-state index contributed by atoms with van der Waals surface area (Å²) < 4.78 is 0. The van der Waals surface area contributed by atoms with Gasteiger partial charge in [0.05, 0.1) is 0 Å². The Kier molecular flexibility index (Phi) is 3.80. The number of aryl methyl sites for hydroxylation is 1. The van der Waals surface area contributed by atoms with Crippen LogP contribution in [0.25, 0.3) is 10.9 Å². The number of rotatable bonds is 3. The molecule has 3 rings (SSSR count). The number of aromatic nitrogens is 2. The molecule has 1 amide bonds. The molecule has 1 aromatic carbocycles. The zero-order valence-corrected chi connectivity index (χ0v) is 12.5. The summed E-state index contributed by atoms with van der Waals surface area (Å²) >= 11 is 0. The fraction of sp³-hybridized carbons (Fsp3) is 0.118. The lowest BCUT2D eigenvalue weighted by Crippen LogP contribution is -2.30. The highest BCUT2D eigenvalue weighted by Crippen LogP contribution is 2.14. The molecule has 6 nitrogen and oxygen atoms in total. The standard InChI is InChI=1S/C17H15N3O3/c1-10-6-7-18-16(22)15(10)17(23)19-9-11-8-14(21)20-13-5-3-2-4-12(11)13/h2-8H,9H2,1H3,(H,18,22)(H,19,23)(H,20,21). The molecular formula is C17H15N3O3. The number of hydrogen-bond donors (Lipinski definition) is 3. The van der Waals surface area contributed by atoms with Gasteiger partial charge in [-0.3, -0.25) is 14.4 Å². The quantitative estimate of drug-likeness (QED) is 0.683. The van der Waals surface area contributed by atoms with Gasteiger partial charge in [0.1, 0.15) is 5.56 Å². The molecule has 0 atom stereocenters. The summed E-state index contributed by atoms with van der Waals surface area (Å²) in [7, 11) is 0. The van der Waals surface area contributed by atoms with E-state index < -0.39 is 11.5 Å². The minimum absolute atomic E-state index is 0.0849. The molecular weight excluding hydrogens is 294 g/mol. The van der Waals surface area contributed by atoms with Crippen LogP contribution in [0.4, 0.5) is 0 Å². The van der Waals surface area contributed by atoms with Crippen LogP contribution in [0.15, 0.2) is 52.2 Å². The van der Waals surface area contributed by atoms with E-state index in [0.29, 0.717) is 16.6 Å².